The molecule has 0 unspecified atom stereocenters. The first kappa shape index (κ1) is 66.0. The van der Waals surface area contributed by atoms with Crippen molar-refractivity contribution in [1.82, 2.24) is 40.7 Å². The Morgan fingerprint density at radius 1 is 0.489 bits per heavy atom. The Labute approximate surface area is 535 Å². The second kappa shape index (κ2) is 32.4. The minimum atomic E-state index is -0.491. The molecule has 3 saturated heterocycles. The quantitative estimate of drug-likeness (QED) is 0.0343. The number of benzene rings is 6. The lowest BCUT2D eigenvalue weighted by Gasteiger charge is -2.31. The Morgan fingerprint density at radius 3 is 1.36 bits per heavy atom. The van der Waals surface area contributed by atoms with E-state index in [0.717, 1.165) is 75.7 Å². The van der Waals surface area contributed by atoms with Gasteiger partial charge < -0.3 is 51.0 Å². The summed E-state index contributed by atoms with van der Waals surface area (Å²) in [7, 11) is 2.64. The highest BCUT2D eigenvalue weighted by Crippen LogP contribution is 2.28. The zero-order valence-electron chi connectivity index (χ0n) is 51.1. The number of carbonyl (C=O) groups excluding carboxylic acids is 6. The number of hydrogen-bond acceptors (Lipinski definition) is 20. The second-order valence-electron chi connectivity index (χ2n) is 22.1. The van der Waals surface area contributed by atoms with E-state index in [2.05, 4.69) is 61.5 Å². The highest BCUT2D eigenvalue weighted by molar-refractivity contribution is 6.28. The first-order chi connectivity index (χ1) is 44.6. The average molecular weight is 1270 g/mol. The van der Waals surface area contributed by atoms with Gasteiger partial charge in [0.05, 0.1) is 53.0 Å². The summed E-state index contributed by atoms with van der Waals surface area (Å²) in [6.07, 6.45) is 6.66. The molecule has 3 amide bonds. The number of carbonyl (C=O) groups is 6. The van der Waals surface area contributed by atoms with Gasteiger partial charge in [0, 0.05) is 68.2 Å². The lowest BCUT2D eigenvalue weighted by Crippen LogP contribution is -2.40. The number of piperidine rings is 3. The Morgan fingerprint density at radius 2 is 0.870 bits per heavy atom. The van der Waals surface area contributed by atoms with Crippen molar-refractivity contribution in [3.05, 3.63) is 178 Å². The van der Waals surface area contributed by atoms with Gasteiger partial charge in [0.2, 0.25) is 23.7 Å². The molecule has 476 valence electrons. The minimum absolute atomic E-state index is 0.0382. The van der Waals surface area contributed by atoms with Crippen LogP contribution in [0.2, 0.25) is 5.28 Å². The predicted molar refractivity (Wildman–Crippen MR) is 347 cm³/mol. The molecule has 12 rings (SSSR count). The maximum absolute atomic E-state index is 12.5. The average Bonchev–Trinajstić information content (AvgIpc) is 1.46. The summed E-state index contributed by atoms with van der Waals surface area (Å²) >= 11 is 5.48. The molecule has 0 bridgehead atoms. The minimum Gasteiger partial charge on any atom is -0.594 e. The van der Waals surface area contributed by atoms with Crippen LogP contribution in [0.4, 0.5) is 29.0 Å². The molecule has 3 aliphatic heterocycles. The molecule has 3 fully saturated rings. The number of halogens is 1. The topological polar surface area (TPSA) is 320 Å². The Balaban J connectivity index is 0.000000152. The largest absolute Gasteiger partial charge is 0.594 e. The van der Waals surface area contributed by atoms with Crippen LogP contribution < -0.4 is 40.8 Å². The number of anilines is 5. The van der Waals surface area contributed by atoms with Crippen LogP contribution in [0.5, 0.6) is 0 Å². The number of rotatable bonds is 14. The van der Waals surface area contributed by atoms with E-state index in [-0.39, 0.29) is 34.7 Å². The monoisotopic (exact) mass is 1270 g/mol. The van der Waals surface area contributed by atoms with Gasteiger partial charge in [0.15, 0.2) is 5.78 Å². The summed E-state index contributed by atoms with van der Waals surface area (Å²) in [5.74, 6) is 0.719. The van der Waals surface area contributed by atoms with Gasteiger partial charge >= 0.3 is 11.9 Å². The summed E-state index contributed by atoms with van der Waals surface area (Å²) in [6, 6.07) is 42.4. The lowest BCUT2D eigenvalue weighted by atomic mass is 9.93. The van der Waals surface area contributed by atoms with E-state index in [1.807, 2.05) is 41.3 Å². The fraction of sp³-hybridized carbons (Fsp3) is 0.318. The number of methoxy groups -OCH3 is 2. The Kier molecular flexibility index (Phi) is 23.2. The summed E-state index contributed by atoms with van der Waals surface area (Å²) in [5.41, 5.74) is 6.42. The number of nitrogens with one attached hydrogen (secondary N) is 4. The number of hydrogen-bond donors (Lipinski definition) is 4. The van der Waals surface area contributed by atoms with Crippen LogP contribution in [-0.2, 0) is 23.9 Å². The highest BCUT2D eigenvalue weighted by atomic mass is 35.5. The second-order valence-corrected chi connectivity index (χ2v) is 22.4. The highest BCUT2D eigenvalue weighted by Gasteiger charge is 2.28. The van der Waals surface area contributed by atoms with Gasteiger partial charge in [-0.25, -0.2) is 24.5 Å². The molecule has 0 atom stereocenters. The molecule has 6 aromatic carbocycles. The zero-order valence-corrected chi connectivity index (χ0v) is 51.8. The fourth-order valence-electron chi connectivity index (χ4n) is 10.9. The van der Waals surface area contributed by atoms with E-state index in [4.69, 9.17) is 21.1 Å². The van der Waals surface area contributed by atoms with E-state index >= 15 is 0 Å². The van der Waals surface area contributed by atoms with E-state index < -0.39 is 11.9 Å². The Hall–Kier alpha value is -10.4. The van der Waals surface area contributed by atoms with Gasteiger partial charge in [-0.15, -0.1) is 10.2 Å². The van der Waals surface area contributed by atoms with Crippen molar-refractivity contribution in [2.24, 2.45) is 17.8 Å². The maximum Gasteiger partial charge on any atom is 0.339 e. The molecule has 0 saturated carbocycles. The van der Waals surface area contributed by atoms with Gasteiger partial charge in [0.25, 0.3) is 22.3 Å². The van der Waals surface area contributed by atoms with Crippen molar-refractivity contribution in [3.63, 3.8) is 0 Å². The first-order valence-electron chi connectivity index (χ1n) is 30.2. The molecule has 26 heteroatoms. The molecule has 92 heavy (non-hydrogen) atoms. The van der Waals surface area contributed by atoms with Crippen LogP contribution in [-0.4, -0.2) is 124 Å². The Bertz CT molecular complexity index is 4070. The van der Waals surface area contributed by atoms with Gasteiger partial charge in [-0.05, 0) is 158 Å². The van der Waals surface area contributed by atoms with Crippen LogP contribution >= 0.6 is 11.6 Å². The van der Waals surface area contributed by atoms with Crippen molar-refractivity contribution in [1.29, 1.82) is 0 Å². The molecule has 25 nitrogen and oxygen atoms in total. The van der Waals surface area contributed by atoms with Crippen molar-refractivity contribution in [3.8, 4) is 0 Å². The summed E-state index contributed by atoms with van der Waals surface area (Å²) < 4.78 is 9.48. The van der Waals surface area contributed by atoms with Gasteiger partial charge in [-0.2, -0.15) is 0 Å². The van der Waals surface area contributed by atoms with Crippen LogP contribution in [0.25, 0.3) is 33.1 Å². The molecule has 3 aliphatic rings. The number of fused-ring (bicyclic) bond motifs is 3. The van der Waals surface area contributed by atoms with Crippen LogP contribution in [0.3, 0.4) is 0 Å². The number of para-hydroxylation sites is 8. The zero-order chi connectivity index (χ0) is 64.9. The van der Waals surface area contributed by atoms with Crippen molar-refractivity contribution < 1.29 is 47.9 Å². The third kappa shape index (κ3) is 18.2. The summed E-state index contributed by atoms with van der Waals surface area (Å²) in [5, 5.41) is 51.0. The summed E-state index contributed by atoms with van der Waals surface area (Å²) in [4.78, 5) is 90.4. The number of Topliss-reactive ketones (excluding diaryl/α,β-unsaturated/α-hetero) is 1. The third-order valence-corrected chi connectivity index (χ3v) is 15.9. The molecule has 3 aromatic heterocycles. The molecular weight excluding hydrogens is 1200 g/mol. The van der Waals surface area contributed by atoms with Gasteiger partial charge in [0.1, 0.15) is 16.6 Å². The molecule has 4 N–H and O–H groups in total. The van der Waals surface area contributed by atoms with Crippen molar-refractivity contribution in [2.75, 3.05) is 79.2 Å². The van der Waals surface area contributed by atoms with E-state index in [0.29, 0.717) is 122 Å². The SMILES string of the molecule is CC(=O)c1ccccc1NC(=O)CC1CCN(c2nnc3ccccc3n2)CC1.COC(=O)c1ccccc1NC(=O)CC1CCN(c2nc3ccccc3[n+]([O-])n2)CC1.COC(=O)c1ccccc1NC(=O)CC1CCNCC1.[O-][n+]1nc(Cl)nc2ccccc21. The smallest absolute Gasteiger partial charge is 0.339 e. The lowest BCUT2D eigenvalue weighted by molar-refractivity contribution is -0.643. The molecular formula is C66H70ClN15O10. The first-order valence-corrected chi connectivity index (χ1v) is 30.5. The maximum atomic E-state index is 12.5. The van der Waals surface area contributed by atoms with Crippen molar-refractivity contribution in [2.45, 2.75) is 64.7 Å². The standard InChI is InChI=1S/C22H23N5O4.C22H23N5O2.C15H20N2O3.C7H4ClN3O/c1-31-21(29)16-6-2-3-7-17(16)23-20(28)14-15-10-12-26(13-11-15)22-24-18-8-4-5-9-19(18)27(30)25-22;1-15(28)17-6-2-3-7-18(17)23-21(29)14-16-10-12-27(13-11-16)22-24-19-8-4-5-9-20(19)25-26-22;1-20-15(19)12-4-2-3-5-13(12)17-14(18)10-11-6-8-16-9-7-11;8-7-9-5-3-1-2-4-6(5)11(12)10-7/h2-9,15H,10-14H2,1H3,(H,23,28);2-9,16H,10-14H2,1H3,(H,23,29);2-5,11,16H,6-10H2,1H3,(H,17,18);1-4H. The molecule has 0 spiro atoms. The number of ether oxygens (including phenoxy) is 2. The number of aromatic nitrogens is 9. The predicted octanol–water partition coefficient (Wildman–Crippen LogP) is 8.49. The molecule has 0 aliphatic carbocycles. The molecule has 9 aromatic rings. The van der Waals surface area contributed by atoms with E-state index in [1.165, 1.54) is 21.1 Å². The number of esters is 2. The van der Waals surface area contributed by atoms with E-state index in [1.54, 1.807) is 109 Å². The van der Waals surface area contributed by atoms with Crippen LogP contribution in [0.1, 0.15) is 95.8 Å². The summed E-state index contributed by atoms with van der Waals surface area (Å²) in [6.45, 7) is 6.35. The third-order valence-electron chi connectivity index (χ3n) is 15.8. The number of ketones is 1. The van der Waals surface area contributed by atoms with Gasteiger partial charge in [-0.3, -0.25) is 19.2 Å². The van der Waals surface area contributed by atoms with Crippen LogP contribution in [0.15, 0.2) is 146 Å². The molecule has 0 radical (unpaired) electrons. The number of nitrogens with zero attached hydrogens (tertiary/aromatic N) is 11. The number of amides is 3. The van der Waals surface area contributed by atoms with Crippen molar-refractivity contribution >= 4 is 109 Å². The fourth-order valence-corrected chi connectivity index (χ4v) is 11.1. The van der Waals surface area contributed by atoms with Gasteiger partial charge in [-0.1, -0.05) is 72.8 Å². The van der Waals surface area contributed by atoms with E-state index in [9.17, 15) is 39.2 Å². The van der Waals surface area contributed by atoms with Crippen LogP contribution in [0, 0.1) is 28.2 Å². The normalized spacial score (nSPS) is 14.3. The molecule has 6 heterocycles.